The van der Waals surface area contributed by atoms with Crippen LogP contribution in [0.1, 0.15) is 11.1 Å². The average Bonchev–Trinajstić information content (AvgIpc) is 2.82. The molecule has 1 amide bonds. The van der Waals surface area contributed by atoms with Crippen molar-refractivity contribution in [2.75, 3.05) is 10.6 Å². The molecule has 0 radical (unpaired) electrons. The zero-order valence-electron chi connectivity index (χ0n) is 10.7. The van der Waals surface area contributed by atoms with Crippen LogP contribution in [0.25, 0.3) is 0 Å². The fraction of sp³-hybridized carbons (Fsp3) is 0.200. The molecule has 0 bridgehead atoms. The summed E-state index contributed by atoms with van der Waals surface area (Å²) in [5, 5.41) is 6.15. The van der Waals surface area contributed by atoms with E-state index in [2.05, 4.69) is 15.6 Å². The van der Waals surface area contributed by atoms with Crippen LogP contribution in [0.4, 0.5) is 11.4 Å². The van der Waals surface area contributed by atoms with E-state index < -0.39 is 0 Å². The Labute approximate surface area is 111 Å². The third-order valence-electron chi connectivity index (χ3n) is 3.26. The van der Waals surface area contributed by atoms with Crippen LogP contribution in [0.15, 0.2) is 42.7 Å². The number of aromatic nitrogens is 1. The number of anilines is 2. The van der Waals surface area contributed by atoms with Crippen LogP contribution in [0, 0.1) is 6.92 Å². The molecule has 1 aromatic heterocycles. The number of hydrogen-bond donors (Lipinski definition) is 2. The van der Waals surface area contributed by atoms with Gasteiger partial charge in [-0.1, -0.05) is 12.1 Å². The first-order valence-electron chi connectivity index (χ1n) is 6.29. The topological polar surface area (TPSA) is 54.0 Å². The number of carbonyl (C=O) groups is 1. The van der Waals surface area contributed by atoms with Crippen LogP contribution in [0.5, 0.6) is 0 Å². The summed E-state index contributed by atoms with van der Waals surface area (Å²) in [6.45, 7) is 2.00. The highest BCUT2D eigenvalue weighted by Gasteiger charge is 2.26. The van der Waals surface area contributed by atoms with Crippen molar-refractivity contribution in [2.45, 2.75) is 19.4 Å². The second kappa shape index (κ2) is 4.72. The average molecular weight is 253 g/mol. The van der Waals surface area contributed by atoms with Gasteiger partial charge in [-0.05, 0) is 36.2 Å². The summed E-state index contributed by atoms with van der Waals surface area (Å²) in [7, 11) is 0. The quantitative estimate of drug-likeness (QED) is 0.864. The van der Waals surface area contributed by atoms with Crippen molar-refractivity contribution in [3.63, 3.8) is 0 Å². The summed E-state index contributed by atoms with van der Waals surface area (Å²) in [6.07, 6.45) is 4.22. The normalized spacial score (nSPS) is 16.6. The minimum Gasteiger partial charge on any atom is -0.373 e. The van der Waals surface area contributed by atoms with E-state index in [4.69, 9.17) is 0 Å². The molecule has 3 rings (SSSR count). The number of fused-ring (bicyclic) bond motifs is 1. The lowest BCUT2D eigenvalue weighted by atomic mass is 10.1. The SMILES string of the molecule is Cc1cccc(NC(=O)C2Cc3cnccc3N2)c1. The lowest BCUT2D eigenvalue weighted by Gasteiger charge is -2.12. The number of benzene rings is 1. The minimum atomic E-state index is -0.222. The van der Waals surface area contributed by atoms with E-state index in [0.717, 1.165) is 22.5 Å². The molecule has 2 N–H and O–H groups in total. The summed E-state index contributed by atoms with van der Waals surface area (Å²) in [4.78, 5) is 16.3. The van der Waals surface area contributed by atoms with E-state index in [1.165, 1.54) is 0 Å². The van der Waals surface area contributed by atoms with Gasteiger partial charge in [0.15, 0.2) is 0 Å². The molecular weight excluding hydrogens is 238 g/mol. The molecule has 4 nitrogen and oxygen atoms in total. The maximum absolute atomic E-state index is 12.2. The molecule has 0 fully saturated rings. The lowest BCUT2D eigenvalue weighted by molar-refractivity contribution is -0.116. The van der Waals surface area contributed by atoms with Gasteiger partial charge in [0.05, 0.1) is 0 Å². The van der Waals surface area contributed by atoms with Gasteiger partial charge >= 0.3 is 0 Å². The van der Waals surface area contributed by atoms with Crippen molar-refractivity contribution in [1.29, 1.82) is 0 Å². The molecule has 1 aromatic carbocycles. The number of pyridine rings is 1. The van der Waals surface area contributed by atoms with Gasteiger partial charge in [-0.2, -0.15) is 0 Å². The second-order valence-corrected chi connectivity index (χ2v) is 4.79. The standard InChI is InChI=1S/C15H15N3O/c1-10-3-2-4-12(7-10)17-15(19)14-8-11-9-16-6-5-13(11)18-14/h2-7,9,14,18H,8H2,1H3,(H,17,19). The fourth-order valence-corrected chi connectivity index (χ4v) is 2.30. The molecule has 2 aromatic rings. The highest BCUT2D eigenvalue weighted by Crippen LogP contribution is 2.24. The molecule has 0 spiro atoms. The highest BCUT2D eigenvalue weighted by atomic mass is 16.2. The molecule has 2 heterocycles. The highest BCUT2D eigenvalue weighted by molar-refractivity contribution is 5.98. The third-order valence-corrected chi connectivity index (χ3v) is 3.26. The first-order valence-corrected chi connectivity index (χ1v) is 6.29. The van der Waals surface area contributed by atoms with Crippen LogP contribution in [-0.2, 0) is 11.2 Å². The van der Waals surface area contributed by atoms with Gasteiger partial charge in [0.25, 0.3) is 0 Å². The maximum Gasteiger partial charge on any atom is 0.247 e. The number of carbonyl (C=O) groups excluding carboxylic acids is 1. The van der Waals surface area contributed by atoms with Gasteiger partial charge in [-0.3, -0.25) is 9.78 Å². The van der Waals surface area contributed by atoms with Crippen molar-refractivity contribution in [3.8, 4) is 0 Å². The predicted octanol–water partition coefficient (Wildman–Crippen LogP) is 2.37. The Hall–Kier alpha value is -2.36. The van der Waals surface area contributed by atoms with Gasteiger partial charge < -0.3 is 10.6 Å². The summed E-state index contributed by atoms with van der Waals surface area (Å²) >= 11 is 0. The third kappa shape index (κ3) is 2.42. The Morgan fingerprint density at radius 1 is 1.42 bits per heavy atom. The predicted molar refractivity (Wildman–Crippen MR) is 75.2 cm³/mol. The summed E-state index contributed by atoms with van der Waals surface area (Å²) in [6, 6.07) is 9.47. The molecule has 1 unspecified atom stereocenters. The number of aryl methyl sites for hydroxylation is 1. The van der Waals surface area contributed by atoms with Crippen molar-refractivity contribution in [1.82, 2.24) is 4.98 Å². The van der Waals surface area contributed by atoms with E-state index in [9.17, 15) is 4.79 Å². The second-order valence-electron chi connectivity index (χ2n) is 4.79. The Bertz CT molecular complexity index is 599. The molecule has 96 valence electrons. The smallest absolute Gasteiger partial charge is 0.247 e. The lowest BCUT2D eigenvalue weighted by Crippen LogP contribution is -2.32. The summed E-state index contributed by atoms with van der Waals surface area (Å²) < 4.78 is 0. The van der Waals surface area contributed by atoms with Gasteiger partial charge in [0.2, 0.25) is 5.91 Å². The zero-order chi connectivity index (χ0) is 13.2. The van der Waals surface area contributed by atoms with E-state index in [1.807, 2.05) is 43.5 Å². The Kier molecular flexibility index (Phi) is 2.91. The fourth-order valence-electron chi connectivity index (χ4n) is 2.30. The van der Waals surface area contributed by atoms with Gasteiger partial charge in [0.1, 0.15) is 6.04 Å². The maximum atomic E-state index is 12.2. The molecule has 4 heteroatoms. The molecule has 1 aliphatic heterocycles. The summed E-state index contributed by atoms with van der Waals surface area (Å²) in [5.41, 5.74) is 4.05. The Balaban J connectivity index is 1.70. The van der Waals surface area contributed by atoms with E-state index >= 15 is 0 Å². The van der Waals surface area contributed by atoms with Crippen LogP contribution >= 0.6 is 0 Å². The van der Waals surface area contributed by atoms with Crippen LogP contribution in [0.3, 0.4) is 0 Å². The first-order chi connectivity index (χ1) is 9.22. The van der Waals surface area contributed by atoms with Crippen molar-refractivity contribution >= 4 is 17.3 Å². The number of nitrogens with one attached hydrogen (secondary N) is 2. The molecule has 1 aliphatic rings. The monoisotopic (exact) mass is 253 g/mol. The zero-order valence-corrected chi connectivity index (χ0v) is 10.7. The largest absolute Gasteiger partial charge is 0.373 e. The molecule has 1 atom stereocenters. The van der Waals surface area contributed by atoms with Crippen LogP contribution in [0.2, 0.25) is 0 Å². The van der Waals surface area contributed by atoms with Gasteiger partial charge in [0, 0.05) is 30.2 Å². The van der Waals surface area contributed by atoms with E-state index in [0.29, 0.717) is 6.42 Å². The van der Waals surface area contributed by atoms with Crippen molar-refractivity contribution in [2.24, 2.45) is 0 Å². The molecule has 0 aliphatic carbocycles. The van der Waals surface area contributed by atoms with Crippen LogP contribution < -0.4 is 10.6 Å². The van der Waals surface area contributed by atoms with Crippen LogP contribution in [-0.4, -0.2) is 16.9 Å². The Morgan fingerprint density at radius 3 is 3.11 bits per heavy atom. The van der Waals surface area contributed by atoms with E-state index in [-0.39, 0.29) is 11.9 Å². The minimum absolute atomic E-state index is 0.0122. The number of hydrogen-bond acceptors (Lipinski definition) is 3. The van der Waals surface area contributed by atoms with Gasteiger partial charge in [-0.25, -0.2) is 0 Å². The molecule has 0 saturated carbocycles. The molecule has 19 heavy (non-hydrogen) atoms. The van der Waals surface area contributed by atoms with Crippen molar-refractivity contribution < 1.29 is 4.79 Å². The number of nitrogens with zero attached hydrogens (tertiary/aromatic N) is 1. The number of rotatable bonds is 2. The molecule has 0 saturated heterocycles. The van der Waals surface area contributed by atoms with E-state index in [1.54, 1.807) is 6.20 Å². The summed E-state index contributed by atoms with van der Waals surface area (Å²) in [5.74, 6) is -0.0122. The van der Waals surface area contributed by atoms with Gasteiger partial charge in [-0.15, -0.1) is 0 Å². The number of amides is 1. The Morgan fingerprint density at radius 2 is 2.32 bits per heavy atom. The van der Waals surface area contributed by atoms with Crippen molar-refractivity contribution in [3.05, 3.63) is 53.9 Å². The first kappa shape index (κ1) is 11.7. The molecular formula is C15H15N3O.